The number of rotatable bonds is 6. The molecule has 0 heterocycles. The van der Waals surface area contributed by atoms with Gasteiger partial charge in [-0.3, -0.25) is 19.7 Å². The molecule has 0 spiro atoms. The van der Waals surface area contributed by atoms with Crippen LogP contribution in [0.2, 0.25) is 5.02 Å². The molecule has 0 fully saturated rings. The standard InChI is InChI=1S/C21H15ClN4O4/c22-17-7-2-5-15(11-17)20(27)24-18-8-3-6-16(12-18)21(28)25-23-13-14-4-1-9-19(10-14)26(29)30/h1-13H,(H,24,27)(H,25,28)/b23-13+. The Kier molecular flexibility index (Phi) is 6.51. The first-order valence-corrected chi connectivity index (χ1v) is 9.05. The fourth-order valence-corrected chi connectivity index (χ4v) is 2.71. The molecule has 0 aliphatic carbocycles. The van der Waals surface area contributed by atoms with Crippen molar-refractivity contribution in [3.63, 3.8) is 0 Å². The number of halogens is 1. The summed E-state index contributed by atoms with van der Waals surface area (Å²) in [5.74, 6) is -0.866. The van der Waals surface area contributed by atoms with Crippen LogP contribution in [-0.2, 0) is 0 Å². The smallest absolute Gasteiger partial charge is 0.271 e. The Morgan fingerprint density at radius 3 is 2.37 bits per heavy atom. The minimum Gasteiger partial charge on any atom is -0.322 e. The van der Waals surface area contributed by atoms with Crippen LogP contribution < -0.4 is 10.7 Å². The van der Waals surface area contributed by atoms with E-state index in [4.69, 9.17) is 11.6 Å². The highest BCUT2D eigenvalue weighted by Crippen LogP contribution is 2.15. The van der Waals surface area contributed by atoms with E-state index in [1.54, 1.807) is 42.5 Å². The number of nitro groups is 1. The van der Waals surface area contributed by atoms with E-state index < -0.39 is 10.8 Å². The van der Waals surface area contributed by atoms with E-state index >= 15 is 0 Å². The van der Waals surface area contributed by atoms with Gasteiger partial charge in [-0.15, -0.1) is 0 Å². The molecule has 2 amide bonds. The maximum absolute atomic E-state index is 12.3. The van der Waals surface area contributed by atoms with E-state index in [1.165, 1.54) is 36.5 Å². The molecule has 8 nitrogen and oxygen atoms in total. The number of hydrazone groups is 1. The predicted octanol–water partition coefficient (Wildman–Crippen LogP) is 4.26. The van der Waals surface area contributed by atoms with Crippen LogP contribution >= 0.6 is 11.6 Å². The quantitative estimate of drug-likeness (QED) is 0.351. The molecule has 30 heavy (non-hydrogen) atoms. The van der Waals surface area contributed by atoms with Crippen LogP contribution in [0, 0.1) is 10.1 Å². The van der Waals surface area contributed by atoms with Crippen LogP contribution in [0.3, 0.4) is 0 Å². The average Bonchev–Trinajstić information content (AvgIpc) is 2.74. The second kappa shape index (κ2) is 9.44. The van der Waals surface area contributed by atoms with Gasteiger partial charge in [-0.25, -0.2) is 5.43 Å². The maximum Gasteiger partial charge on any atom is 0.271 e. The lowest BCUT2D eigenvalue weighted by Gasteiger charge is -2.07. The number of hydrogen-bond donors (Lipinski definition) is 2. The molecule has 3 aromatic rings. The SMILES string of the molecule is O=C(N/N=C/c1cccc([N+](=O)[O-])c1)c1cccc(NC(=O)c2cccc(Cl)c2)c1. The molecular formula is C21H15ClN4O4. The summed E-state index contributed by atoms with van der Waals surface area (Å²) in [6.07, 6.45) is 1.30. The Labute approximate surface area is 176 Å². The molecule has 0 aliphatic heterocycles. The molecule has 2 N–H and O–H groups in total. The number of anilines is 1. The molecule has 0 radical (unpaired) electrons. The molecule has 0 saturated heterocycles. The summed E-state index contributed by atoms with van der Waals surface area (Å²) >= 11 is 5.90. The largest absolute Gasteiger partial charge is 0.322 e. The summed E-state index contributed by atoms with van der Waals surface area (Å²) in [5, 5.41) is 17.7. The molecule has 0 aliphatic rings. The zero-order chi connectivity index (χ0) is 21.5. The first-order valence-electron chi connectivity index (χ1n) is 8.67. The van der Waals surface area contributed by atoms with Crippen molar-refractivity contribution < 1.29 is 14.5 Å². The lowest BCUT2D eigenvalue weighted by molar-refractivity contribution is -0.384. The third kappa shape index (κ3) is 5.49. The van der Waals surface area contributed by atoms with Crippen molar-refractivity contribution in [2.24, 2.45) is 5.10 Å². The van der Waals surface area contributed by atoms with Crippen LogP contribution in [0.15, 0.2) is 77.9 Å². The summed E-state index contributed by atoms with van der Waals surface area (Å²) in [7, 11) is 0. The van der Waals surface area contributed by atoms with Crippen molar-refractivity contribution in [2.75, 3.05) is 5.32 Å². The molecule has 0 bridgehead atoms. The van der Waals surface area contributed by atoms with E-state index in [-0.39, 0.29) is 17.2 Å². The van der Waals surface area contributed by atoms with Gasteiger partial charge in [-0.1, -0.05) is 35.9 Å². The summed E-state index contributed by atoms with van der Waals surface area (Å²) < 4.78 is 0. The van der Waals surface area contributed by atoms with Gasteiger partial charge in [0.15, 0.2) is 0 Å². The van der Waals surface area contributed by atoms with Gasteiger partial charge in [-0.2, -0.15) is 5.10 Å². The number of carbonyl (C=O) groups is 2. The van der Waals surface area contributed by atoms with E-state index in [9.17, 15) is 19.7 Å². The third-order valence-corrected chi connectivity index (χ3v) is 4.17. The minimum absolute atomic E-state index is 0.0755. The molecule has 3 aromatic carbocycles. The Morgan fingerprint density at radius 2 is 1.63 bits per heavy atom. The van der Waals surface area contributed by atoms with Crippen LogP contribution in [0.5, 0.6) is 0 Å². The zero-order valence-electron chi connectivity index (χ0n) is 15.4. The summed E-state index contributed by atoms with van der Waals surface area (Å²) in [4.78, 5) is 34.9. The minimum atomic E-state index is -0.515. The molecule has 9 heteroatoms. The van der Waals surface area contributed by atoms with Crippen LogP contribution in [0.4, 0.5) is 11.4 Å². The van der Waals surface area contributed by atoms with Gasteiger partial charge in [0.05, 0.1) is 11.1 Å². The van der Waals surface area contributed by atoms with Crippen molar-refractivity contribution in [3.05, 3.63) is 105 Å². The van der Waals surface area contributed by atoms with Crippen molar-refractivity contribution in [1.82, 2.24) is 5.43 Å². The number of nitrogens with zero attached hydrogens (tertiary/aromatic N) is 2. The van der Waals surface area contributed by atoms with Gasteiger partial charge in [0, 0.05) is 39.5 Å². The number of nitrogens with one attached hydrogen (secondary N) is 2. The summed E-state index contributed by atoms with van der Waals surface area (Å²) in [6, 6.07) is 18.7. The van der Waals surface area contributed by atoms with Crippen molar-refractivity contribution >= 4 is 41.0 Å². The fourth-order valence-electron chi connectivity index (χ4n) is 2.52. The Morgan fingerprint density at radius 1 is 0.933 bits per heavy atom. The van der Waals surface area contributed by atoms with Gasteiger partial charge in [0.1, 0.15) is 0 Å². The molecule has 0 aromatic heterocycles. The molecule has 150 valence electrons. The lowest BCUT2D eigenvalue weighted by atomic mass is 10.1. The average molecular weight is 423 g/mol. The highest BCUT2D eigenvalue weighted by molar-refractivity contribution is 6.31. The number of carbonyl (C=O) groups excluding carboxylic acids is 2. The van der Waals surface area contributed by atoms with Gasteiger partial charge in [-0.05, 0) is 36.4 Å². The fraction of sp³-hybridized carbons (Fsp3) is 0. The van der Waals surface area contributed by atoms with E-state index in [0.29, 0.717) is 21.8 Å². The second-order valence-electron chi connectivity index (χ2n) is 6.10. The highest BCUT2D eigenvalue weighted by atomic mass is 35.5. The van der Waals surface area contributed by atoms with Crippen molar-refractivity contribution in [1.29, 1.82) is 0 Å². The molecule has 0 atom stereocenters. The number of non-ortho nitro benzene ring substituents is 1. The third-order valence-electron chi connectivity index (χ3n) is 3.93. The highest BCUT2D eigenvalue weighted by Gasteiger charge is 2.10. The Hall–Kier alpha value is -4.04. The normalized spacial score (nSPS) is 10.6. The van der Waals surface area contributed by atoms with Gasteiger partial charge < -0.3 is 5.32 Å². The van der Waals surface area contributed by atoms with Crippen LogP contribution in [0.1, 0.15) is 26.3 Å². The monoisotopic (exact) mass is 422 g/mol. The Balaban J connectivity index is 1.65. The first-order chi connectivity index (χ1) is 14.4. The number of nitro benzene ring substituents is 1. The summed E-state index contributed by atoms with van der Waals surface area (Å²) in [5.41, 5.74) is 3.82. The lowest BCUT2D eigenvalue weighted by Crippen LogP contribution is -2.18. The van der Waals surface area contributed by atoms with E-state index in [0.717, 1.165) is 0 Å². The Bertz CT molecular complexity index is 1150. The topological polar surface area (TPSA) is 114 Å². The van der Waals surface area contributed by atoms with Crippen LogP contribution in [-0.4, -0.2) is 23.0 Å². The number of amides is 2. The van der Waals surface area contributed by atoms with Crippen molar-refractivity contribution in [3.8, 4) is 0 Å². The zero-order valence-corrected chi connectivity index (χ0v) is 16.2. The second-order valence-corrected chi connectivity index (χ2v) is 6.53. The number of benzene rings is 3. The maximum atomic E-state index is 12.3. The summed E-state index contributed by atoms with van der Waals surface area (Å²) in [6.45, 7) is 0. The number of hydrogen-bond acceptors (Lipinski definition) is 5. The molecule has 0 saturated carbocycles. The van der Waals surface area contributed by atoms with Gasteiger partial charge in [0.2, 0.25) is 0 Å². The van der Waals surface area contributed by atoms with Crippen LogP contribution in [0.25, 0.3) is 0 Å². The molecule has 0 unspecified atom stereocenters. The van der Waals surface area contributed by atoms with E-state index in [2.05, 4.69) is 15.8 Å². The van der Waals surface area contributed by atoms with Crippen molar-refractivity contribution in [2.45, 2.75) is 0 Å². The first kappa shape index (κ1) is 20.7. The predicted molar refractivity (Wildman–Crippen MR) is 114 cm³/mol. The molecule has 3 rings (SSSR count). The van der Waals surface area contributed by atoms with Gasteiger partial charge in [0.25, 0.3) is 17.5 Å². The van der Waals surface area contributed by atoms with Gasteiger partial charge >= 0.3 is 0 Å². The molecular weight excluding hydrogens is 408 g/mol. The van der Waals surface area contributed by atoms with E-state index in [1.807, 2.05) is 0 Å².